The number of nitrogens with one attached hydrogen (secondary N) is 1. The average Bonchev–Trinajstić information content (AvgIpc) is 3.04. The Bertz CT molecular complexity index is 665. The van der Waals surface area contributed by atoms with Crippen LogP contribution in [-0.2, 0) is 4.79 Å². The summed E-state index contributed by atoms with van der Waals surface area (Å²) in [5, 5.41) is 32.8. The fourth-order valence-corrected chi connectivity index (χ4v) is 5.91. The van der Waals surface area contributed by atoms with Crippen LogP contribution in [0.15, 0.2) is 24.3 Å². The number of carbonyl (C=O) groups excluding carboxylic acids is 1. The van der Waals surface area contributed by atoms with Crippen LogP contribution in [0.3, 0.4) is 0 Å². The van der Waals surface area contributed by atoms with Crippen molar-refractivity contribution in [1.29, 1.82) is 0 Å². The van der Waals surface area contributed by atoms with Crippen molar-refractivity contribution in [3.63, 3.8) is 0 Å². The summed E-state index contributed by atoms with van der Waals surface area (Å²) < 4.78 is 0. The lowest BCUT2D eigenvalue weighted by Gasteiger charge is -2.21. The summed E-state index contributed by atoms with van der Waals surface area (Å²) in [5.41, 5.74) is 0. The van der Waals surface area contributed by atoms with Gasteiger partial charge in [0.15, 0.2) is 0 Å². The molecule has 0 aliphatic rings. The number of hydrogen-bond donors (Lipinski definition) is 4. The normalized spacial score (nSPS) is 14.0. The van der Waals surface area contributed by atoms with E-state index in [1.165, 1.54) is 141 Å². The number of rotatable bonds is 35. The molecule has 266 valence electrons. The third-order valence-corrected chi connectivity index (χ3v) is 9.04. The Balaban J connectivity index is 3.67. The predicted molar refractivity (Wildman–Crippen MR) is 195 cm³/mol. The number of carbonyl (C=O) groups is 1. The van der Waals surface area contributed by atoms with E-state index in [1.54, 1.807) is 6.08 Å². The summed E-state index contributed by atoms with van der Waals surface area (Å²) in [5.74, 6) is -0.517. The van der Waals surface area contributed by atoms with Crippen molar-refractivity contribution in [2.45, 2.75) is 218 Å². The van der Waals surface area contributed by atoms with E-state index in [0.29, 0.717) is 6.42 Å². The molecule has 0 heterocycles. The Morgan fingerprint density at radius 2 is 0.911 bits per heavy atom. The lowest BCUT2D eigenvalue weighted by atomic mass is 10.0. The van der Waals surface area contributed by atoms with Crippen molar-refractivity contribution in [3.8, 4) is 0 Å². The maximum absolute atomic E-state index is 12.3. The number of allylic oxidation sites excluding steroid dienone is 3. The molecule has 0 rings (SSSR count). The number of amides is 1. The van der Waals surface area contributed by atoms with Crippen LogP contribution in [0.5, 0.6) is 0 Å². The first kappa shape index (κ1) is 43.8. The van der Waals surface area contributed by atoms with E-state index >= 15 is 0 Å². The summed E-state index contributed by atoms with van der Waals surface area (Å²) in [6, 6.07) is -0.808. The Morgan fingerprint density at radius 3 is 1.36 bits per heavy atom. The molecule has 0 radical (unpaired) electrons. The van der Waals surface area contributed by atoms with Crippen LogP contribution in [-0.4, -0.2) is 46.1 Å². The zero-order chi connectivity index (χ0) is 33.1. The zero-order valence-corrected chi connectivity index (χ0v) is 30.0. The van der Waals surface area contributed by atoms with Gasteiger partial charge in [-0.3, -0.25) is 4.79 Å². The summed E-state index contributed by atoms with van der Waals surface area (Å²) in [6.45, 7) is 4.12. The van der Waals surface area contributed by atoms with Gasteiger partial charge in [-0.25, -0.2) is 0 Å². The van der Waals surface area contributed by atoms with Gasteiger partial charge in [0.05, 0.1) is 18.8 Å². The molecular formula is C40H77NO4. The molecule has 0 aromatic rings. The van der Waals surface area contributed by atoms with E-state index in [-0.39, 0.29) is 6.61 Å². The molecule has 3 atom stereocenters. The lowest BCUT2D eigenvalue weighted by Crippen LogP contribution is -2.48. The Morgan fingerprint density at radius 1 is 0.533 bits per heavy atom. The highest BCUT2D eigenvalue weighted by molar-refractivity contribution is 5.80. The molecule has 0 bridgehead atoms. The van der Waals surface area contributed by atoms with E-state index in [2.05, 4.69) is 31.3 Å². The molecule has 0 spiro atoms. The quantitative estimate of drug-likeness (QED) is 0.0412. The minimum Gasteiger partial charge on any atom is -0.394 e. The van der Waals surface area contributed by atoms with Crippen molar-refractivity contribution >= 4 is 5.91 Å². The van der Waals surface area contributed by atoms with E-state index in [0.717, 1.165) is 38.5 Å². The fraction of sp³-hybridized carbons (Fsp3) is 0.875. The van der Waals surface area contributed by atoms with Gasteiger partial charge in [-0.2, -0.15) is 0 Å². The number of aliphatic hydroxyl groups excluding tert-OH is 3. The molecule has 3 unspecified atom stereocenters. The van der Waals surface area contributed by atoms with Crippen molar-refractivity contribution < 1.29 is 20.1 Å². The van der Waals surface area contributed by atoms with Gasteiger partial charge in [-0.1, -0.05) is 192 Å². The monoisotopic (exact) mass is 636 g/mol. The van der Waals surface area contributed by atoms with Crippen molar-refractivity contribution in [2.24, 2.45) is 0 Å². The average molecular weight is 636 g/mol. The molecule has 0 aliphatic heterocycles. The summed E-state index contributed by atoms with van der Waals surface area (Å²) >= 11 is 0. The highest BCUT2D eigenvalue weighted by Crippen LogP contribution is 2.15. The highest BCUT2D eigenvalue weighted by atomic mass is 16.3. The maximum Gasteiger partial charge on any atom is 0.249 e. The fourth-order valence-electron chi connectivity index (χ4n) is 5.91. The SMILES string of the molecule is CCCCCCCCCCCCCCCCCCC/C=C/CC/C=C/C(O)C(CO)NC(=O)C(O)CCCCCCCCCC. The molecular weight excluding hydrogens is 558 g/mol. The van der Waals surface area contributed by atoms with E-state index < -0.39 is 24.2 Å². The van der Waals surface area contributed by atoms with E-state index in [1.807, 2.05) is 6.08 Å². The van der Waals surface area contributed by atoms with Crippen molar-refractivity contribution in [1.82, 2.24) is 5.32 Å². The summed E-state index contributed by atoms with van der Waals surface area (Å²) in [7, 11) is 0. The van der Waals surface area contributed by atoms with Gasteiger partial charge in [-0.15, -0.1) is 0 Å². The number of aliphatic hydroxyl groups is 3. The van der Waals surface area contributed by atoms with Gasteiger partial charge in [0, 0.05) is 0 Å². The first-order valence-electron chi connectivity index (χ1n) is 19.7. The third-order valence-electron chi connectivity index (χ3n) is 9.04. The van der Waals surface area contributed by atoms with Gasteiger partial charge >= 0.3 is 0 Å². The van der Waals surface area contributed by atoms with Crippen LogP contribution < -0.4 is 5.32 Å². The molecule has 0 aliphatic carbocycles. The number of unbranched alkanes of at least 4 members (excludes halogenated alkanes) is 25. The van der Waals surface area contributed by atoms with Crippen molar-refractivity contribution in [2.75, 3.05) is 6.61 Å². The molecule has 5 heteroatoms. The van der Waals surface area contributed by atoms with Gasteiger partial charge in [0.25, 0.3) is 0 Å². The smallest absolute Gasteiger partial charge is 0.249 e. The lowest BCUT2D eigenvalue weighted by molar-refractivity contribution is -0.131. The van der Waals surface area contributed by atoms with E-state index in [9.17, 15) is 20.1 Å². The Kier molecular flexibility index (Phi) is 34.8. The molecule has 45 heavy (non-hydrogen) atoms. The second-order valence-electron chi connectivity index (χ2n) is 13.5. The Labute approximate surface area is 280 Å². The predicted octanol–water partition coefficient (Wildman–Crippen LogP) is 10.7. The number of hydrogen-bond acceptors (Lipinski definition) is 4. The van der Waals surface area contributed by atoms with Gasteiger partial charge in [0.1, 0.15) is 6.10 Å². The summed E-state index contributed by atoms with van der Waals surface area (Å²) in [4.78, 5) is 12.3. The van der Waals surface area contributed by atoms with Gasteiger partial charge < -0.3 is 20.6 Å². The second kappa shape index (κ2) is 35.7. The largest absolute Gasteiger partial charge is 0.394 e. The summed E-state index contributed by atoms with van der Waals surface area (Å²) in [6.07, 6.45) is 42.2. The standard InChI is InChI=1S/C40H77NO4/c1-3-5-7-9-11-13-14-15-16-17-18-19-20-21-22-23-24-25-26-27-29-30-32-34-38(43)37(36-42)41-40(45)39(44)35-33-31-28-12-10-8-6-4-2/h26-27,32,34,37-39,42-44H,3-25,28-31,33,35-36H2,1-2H3,(H,41,45)/b27-26+,34-32+. The van der Waals surface area contributed by atoms with Crippen LogP contribution >= 0.6 is 0 Å². The molecule has 5 nitrogen and oxygen atoms in total. The highest BCUT2D eigenvalue weighted by Gasteiger charge is 2.22. The molecule has 0 aromatic carbocycles. The first-order valence-corrected chi connectivity index (χ1v) is 19.7. The van der Waals surface area contributed by atoms with Gasteiger partial charge in [0.2, 0.25) is 5.91 Å². The van der Waals surface area contributed by atoms with Crippen LogP contribution in [0.4, 0.5) is 0 Å². The molecule has 0 aromatic heterocycles. The van der Waals surface area contributed by atoms with Crippen LogP contribution in [0.25, 0.3) is 0 Å². The zero-order valence-electron chi connectivity index (χ0n) is 30.0. The second-order valence-corrected chi connectivity index (χ2v) is 13.5. The third kappa shape index (κ3) is 31.2. The van der Waals surface area contributed by atoms with Crippen LogP contribution in [0, 0.1) is 0 Å². The molecule has 0 fully saturated rings. The topological polar surface area (TPSA) is 89.8 Å². The maximum atomic E-state index is 12.3. The van der Waals surface area contributed by atoms with Crippen LogP contribution in [0.1, 0.15) is 200 Å². The molecule has 0 saturated heterocycles. The van der Waals surface area contributed by atoms with Crippen molar-refractivity contribution in [3.05, 3.63) is 24.3 Å². The minimum atomic E-state index is -1.10. The molecule has 4 N–H and O–H groups in total. The first-order chi connectivity index (χ1) is 22.1. The minimum absolute atomic E-state index is 0.374. The molecule has 0 saturated carbocycles. The molecule has 1 amide bonds. The van der Waals surface area contributed by atoms with Crippen LogP contribution in [0.2, 0.25) is 0 Å². The van der Waals surface area contributed by atoms with E-state index in [4.69, 9.17) is 0 Å². The Hall–Kier alpha value is -1.17. The van der Waals surface area contributed by atoms with Gasteiger partial charge in [-0.05, 0) is 32.1 Å².